The van der Waals surface area contributed by atoms with E-state index in [1.165, 1.54) is 0 Å². The molecule has 4 heterocycles. The highest BCUT2D eigenvalue weighted by molar-refractivity contribution is 5.91. The van der Waals surface area contributed by atoms with Gasteiger partial charge in [-0.05, 0) is 74.3 Å². The topological polar surface area (TPSA) is 115 Å². The number of carbonyl (C=O) groups is 3. The second-order valence-electron chi connectivity index (χ2n) is 13.1. The van der Waals surface area contributed by atoms with Crippen LogP contribution in [0.2, 0.25) is 0 Å². The molecule has 0 bridgehead atoms. The zero-order valence-electron chi connectivity index (χ0n) is 27.1. The molecule has 0 spiro atoms. The summed E-state index contributed by atoms with van der Waals surface area (Å²) in [6.45, 7) is 9.50. The van der Waals surface area contributed by atoms with Crippen molar-refractivity contribution in [2.45, 2.75) is 78.0 Å². The molecule has 256 valence electrons. The monoisotopic (exact) mass is 649 g/mol. The van der Waals surface area contributed by atoms with E-state index in [4.69, 9.17) is 9.47 Å². The van der Waals surface area contributed by atoms with E-state index in [9.17, 15) is 19.5 Å². The fourth-order valence-corrected chi connectivity index (χ4v) is 7.41. The first-order chi connectivity index (χ1) is 22.3. The van der Waals surface area contributed by atoms with Gasteiger partial charge in [0.1, 0.15) is 5.75 Å². The number of anilines is 1. The average molecular weight is 650 g/mol. The first kappa shape index (κ1) is 34.5. The molecule has 11 heteroatoms. The number of rotatable bonds is 6. The van der Waals surface area contributed by atoms with E-state index in [1.807, 2.05) is 60.0 Å². The van der Waals surface area contributed by atoms with Gasteiger partial charge in [0.2, 0.25) is 0 Å². The predicted octanol–water partition coefficient (Wildman–Crippen LogP) is 4.57. The quantitative estimate of drug-likeness (QED) is 0.471. The maximum absolute atomic E-state index is 14.0. The van der Waals surface area contributed by atoms with Gasteiger partial charge in [-0.3, -0.25) is 9.69 Å². The summed E-state index contributed by atoms with van der Waals surface area (Å²) >= 11 is 0. The third-order valence-electron chi connectivity index (χ3n) is 10.1. The first-order valence-corrected chi connectivity index (χ1v) is 16.8. The highest BCUT2D eigenvalue weighted by Crippen LogP contribution is 2.27. The van der Waals surface area contributed by atoms with Crippen molar-refractivity contribution in [3.8, 4) is 5.75 Å². The van der Waals surface area contributed by atoms with Crippen LogP contribution in [0.4, 0.5) is 15.3 Å². The van der Waals surface area contributed by atoms with Crippen LogP contribution >= 0.6 is 0 Å². The Kier molecular flexibility index (Phi) is 11.3. The minimum absolute atomic E-state index is 0. The summed E-state index contributed by atoms with van der Waals surface area (Å²) in [5.41, 5.74) is 4.27. The number of hydrogen-bond donors (Lipinski definition) is 2. The second-order valence-corrected chi connectivity index (χ2v) is 13.1. The Morgan fingerprint density at radius 3 is 2.26 bits per heavy atom. The van der Waals surface area contributed by atoms with Crippen molar-refractivity contribution < 1.29 is 29.0 Å². The predicted molar refractivity (Wildman–Crippen MR) is 181 cm³/mol. The van der Waals surface area contributed by atoms with Gasteiger partial charge >= 0.3 is 12.1 Å². The lowest BCUT2D eigenvalue weighted by atomic mass is 10.00. The minimum Gasteiger partial charge on any atom is -0.507 e. The average Bonchev–Trinajstić information content (AvgIpc) is 3.25. The largest absolute Gasteiger partial charge is 0.507 e. The lowest BCUT2D eigenvalue weighted by Crippen LogP contribution is -2.56. The molecule has 4 aliphatic rings. The summed E-state index contributed by atoms with van der Waals surface area (Å²) in [6, 6.07) is 12.0. The molecule has 6 rings (SSSR count). The van der Waals surface area contributed by atoms with Crippen LogP contribution in [0.25, 0.3) is 0 Å². The number of fused-ring (bicyclic) bond motifs is 1. The van der Waals surface area contributed by atoms with Crippen LogP contribution in [0, 0.1) is 13.8 Å². The number of piperidine rings is 1. The lowest BCUT2D eigenvalue weighted by Gasteiger charge is -2.41. The van der Waals surface area contributed by atoms with Crippen molar-refractivity contribution in [1.29, 1.82) is 0 Å². The zero-order valence-corrected chi connectivity index (χ0v) is 27.1. The third kappa shape index (κ3) is 8.01. The standard InChI is InChI=1S/C35H47N5O6.CH4/c1-24-21-26(22-25(2)32(24)41)23-31(33(42)38-17-15-37(16-18-38)28-10-19-45-20-11-28)46-35(44)39-12-8-29(9-13-39)40-14-7-27-5-3-4-6-30(27)36-34(40)43;/h3-6,21-22,28-29,31,41H,7-20,23H2,1-2H3,(H,36,43);1H4/t31-;/m1./s1. The van der Waals surface area contributed by atoms with E-state index in [1.54, 1.807) is 4.90 Å². The number of phenols is 1. The van der Waals surface area contributed by atoms with Gasteiger partial charge in [-0.25, -0.2) is 9.59 Å². The maximum Gasteiger partial charge on any atom is 0.410 e. The molecule has 1 atom stereocenters. The Bertz CT molecular complexity index is 1390. The van der Waals surface area contributed by atoms with Gasteiger partial charge in [-0.2, -0.15) is 0 Å². The highest BCUT2D eigenvalue weighted by atomic mass is 16.6. The molecule has 0 saturated carbocycles. The lowest BCUT2D eigenvalue weighted by molar-refractivity contribution is -0.143. The molecule has 0 unspecified atom stereocenters. The molecule has 3 saturated heterocycles. The summed E-state index contributed by atoms with van der Waals surface area (Å²) in [5.74, 6) is 0.0525. The number of nitrogens with zero attached hydrogens (tertiary/aromatic N) is 4. The van der Waals surface area contributed by atoms with Crippen LogP contribution in [-0.4, -0.2) is 120 Å². The Morgan fingerprint density at radius 2 is 1.57 bits per heavy atom. The van der Waals surface area contributed by atoms with Gasteiger partial charge in [0.05, 0.1) is 0 Å². The molecule has 2 aromatic rings. The van der Waals surface area contributed by atoms with Gasteiger partial charge in [-0.1, -0.05) is 37.8 Å². The SMILES string of the molecule is C.Cc1cc(C[C@@H](OC(=O)N2CCC(N3CCc4ccccc4NC3=O)CC2)C(=O)N2CCN(C3CCOCC3)CC2)cc(C)c1O. The number of urea groups is 1. The molecule has 3 fully saturated rings. The molecular weight excluding hydrogens is 598 g/mol. The summed E-state index contributed by atoms with van der Waals surface area (Å²) in [6.07, 6.45) is 2.85. The highest BCUT2D eigenvalue weighted by Gasteiger charge is 2.36. The van der Waals surface area contributed by atoms with Crippen molar-refractivity contribution in [2.75, 3.05) is 64.3 Å². The Morgan fingerprint density at radius 1 is 0.915 bits per heavy atom. The van der Waals surface area contributed by atoms with Gasteiger partial charge in [-0.15, -0.1) is 0 Å². The van der Waals surface area contributed by atoms with E-state index in [0.717, 1.165) is 73.5 Å². The van der Waals surface area contributed by atoms with Crippen LogP contribution in [0.5, 0.6) is 5.75 Å². The molecule has 4 aliphatic heterocycles. The fourth-order valence-electron chi connectivity index (χ4n) is 7.41. The number of phenolic OH excluding ortho intramolecular Hbond substituents is 1. The van der Waals surface area contributed by atoms with E-state index in [2.05, 4.69) is 10.2 Å². The summed E-state index contributed by atoms with van der Waals surface area (Å²) in [7, 11) is 0. The van der Waals surface area contributed by atoms with E-state index < -0.39 is 12.2 Å². The molecule has 0 aromatic heterocycles. The van der Waals surface area contributed by atoms with Crippen LogP contribution in [0.1, 0.15) is 55.4 Å². The Balaban J connectivity index is 0.00000433. The van der Waals surface area contributed by atoms with Crippen molar-refractivity contribution >= 4 is 23.7 Å². The van der Waals surface area contributed by atoms with Crippen LogP contribution < -0.4 is 5.32 Å². The van der Waals surface area contributed by atoms with E-state index in [0.29, 0.717) is 51.6 Å². The molecule has 11 nitrogen and oxygen atoms in total. The number of aromatic hydroxyl groups is 1. The molecular formula is C36H51N5O6. The van der Waals surface area contributed by atoms with Crippen LogP contribution in [0.3, 0.4) is 0 Å². The number of ether oxygens (including phenoxy) is 2. The Hall–Kier alpha value is -3.83. The molecule has 0 radical (unpaired) electrons. The minimum atomic E-state index is -0.974. The van der Waals surface area contributed by atoms with Crippen molar-refractivity contribution in [2.24, 2.45) is 0 Å². The molecule has 4 amide bonds. The van der Waals surface area contributed by atoms with Crippen molar-refractivity contribution in [1.82, 2.24) is 19.6 Å². The number of piperazine rings is 1. The number of benzene rings is 2. The van der Waals surface area contributed by atoms with E-state index in [-0.39, 0.29) is 37.6 Å². The molecule has 47 heavy (non-hydrogen) atoms. The number of amides is 4. The van der Waals surface area contributed by atoms with Gasteiger partial charge in [0.15, 0.2) is 6.10 Å². The summed E-state index contributed by atoms with van der Waals surface area (Å²) in [5, 5.41) is 13.4. The smallest absolute Gasteiger partial charge is 0.410 e. The molecule has 2 N–H and O–H groups in total. The summed E-state index contributed by atoms with van der Waals surface area (Å²) < 4.78 is 11.6. The van der Waals surface area contributed by atoms with Crippen LogP contribution in [0.15, 0.2) is 36.4 Å². The molecule has 0 aliphatic carbocycles. The number of carbonyl (C=O) groups excluding carboxylic acids is 3. The third-order valence-corrected chi connectivity index (χ3v) is 10.1. The maximum atomic E-state index is 14.0. The fraction of sp³-hybridized carbons (Fsp3) is 0.583. The van der Waals surface area contributed by atoms with Crippen molar-refractivity contribution in [3.05, 3.63) is 58.7 Å². The van der Waals surface area contributed by atoms with Crippen LogP contribution in [-0.2, 0) is 27.1 Å². The number of hydrogen-bond acceptors (Lipinski definition) is 7. The number of aryl methyl sites for hydroxylation is 2. The van der Waals surface area contributed by atoms with Gasteiger partial charge in [0, 0.05) is 83.2 Å². The number of para-hydroxylation sites is 1. The normalized spacial score (nSPS) is 20.5. The second kappa shape index (κ2) is 15.4. The number of nitrogens with one attached hydrogen (secondary N) is 1. The van der Waals surface area contributed by atoms with Gasteiger partial charge in [0.25, 0.3) is 5.91 Å². The summed E-state index contributed by atoms with van der Waals surface area (Å²) in [4.78, 5) is 48.4. The zero-order chi connectivity index (χ0) is 32.2. The van der Waals surface area contributed by atoms with E-state index >= 15 is 0 Å². The van der Waals surface area contributed by atoms with Gasteiger partial charge < -0.3 is 34.6 Å². The number of likely N-dealkylation sites (tertiary alicyclic amines) is 1. The van der Waals surface area contributed by atoms with Crippen molar-refractivity contribution in [3.63, 3.8) is 0 Å². The molecule has 2 aromatic carbocycles. The Labute approximate surface area is 278 Å². The first-order valence-electron chi connectivity index (χ1n) is 16.8.